The molecule has 0 amide bonds. The number of alkyl halides is 3. The van der Waals surface area contributed by atoms with Gasteiger partial charge in [0.1, 0.15) is 5.54 Å². The van der Waals surface area contributed by atoms with Crippen molar-refractivity contribution < 1.29 is 22.7 Å². The third-order valence-electron chi connectivity index (χ3n) is 2.96. The van der Waals surface area contributed by atoms with E-state index in [1.165, 1.54) is 12.0 Å². The predicted molar refractivity (Wildman–Crippen MR) is 75.5 cm³/mol. The van der Waals surface area contributed by atoms with Crippen LogP contribution in [0.4, 0.5) is 13.2 Å². The van der Waals surface area contributed by atoms with Crippen LogP contribution in [0.1, 0.15) is 12.8 Å². The molecule has 5 nitrogen and oxygen atoms in total. The first-order chi connectivity index (χ1) is 7.83. The van der Waals surface area contributed by atoms with E-state index in [1.807, 2.05) is 0 Å². The smallest absolute Gasteiger partial charge is 0.401 e. The summed E-state index contributed by atoms with van der Waals surface area (Å²) in [7, 11) is 1.23. The van der Waals surface area contributed by atoms with Gasteiger partial charge in [-0.15, -0.1) is 37.2 Å². The molecule has 1 fully saturated rings. The molecule has 20 heavy (non-hydrogen) atoms. The molecule has 1 rings (SSSR count). The number of nitrogens with two attached hydrogens (primary N) is 1. The van der Waals surface area contributed by atoms with Gasteiger partial charge in [0, 0.05) is 13.1 Å². The fourth-order valence-electron chi connectivity index (χ4n) is 1.95. The first-order valence-electron chi connectivity index (χ1n) is 5.18. The van der Waals surface area contributed by atoms with Gasteiger partial charge in [0.05, 0.1) is 13.7 Å². The lowest BCUT2D eigenvalue weighted by Crippen LogP contribution is -2.61. The SMILES string of the molecule is COC(=O)C1(NN)CCN(CC(F)(F)F)CC1.Cl.Cl.Cl. The van der Waals surface area contributed by atoms with Gasteiger partial charge >= 0.3 is 12.1 Å². The minimum absolute atomic E-state index is 0. The average Bonchev–Trinajstić information content (AvgIpc) is 2.27. The maximum atomic E-state index is 12.2. The molecule has 1 aliphatic heterocycles. The Hall–Kier alpha value is 0.01000. The highest BCUT2D eigenvalue weighted by molar-refractivity contribution is 5.86. The molecule has 1 saturated heterocycles. The zero-order chi connectivity index (χ0) is 13.1. The lowest BCUT2D eigenvalue weighted by atomic mass is 9.88. The summed E-state index contributed by atoms with van der Waals surface area (Å²) in [5.74, 6) is 4.76. The summed E-state index contributed by atoms with van der Waals surface area (Å²) in [6.45, 7) is -0.660. The zero-order valence-electron chi connectivity index (χ0n) is 10.7. The molecule has 3 N–H and O–H groups in total. The quantitative estimate of drug-likeness (QED) is 0.449. The van der Waals surface area contributed by atoms with Crippen molar-refractivity contribution in [2.24, 2.45) is 5.84 Å². The second-order valence-corrected chi connectivity index (χ2v) is 4.11. The van der Waals surface area contributed by atoms with Crippen molar-refractivity contribution in [3.63, 3.8) is 0 Å². The zero-order valence-corrected chi connectivity index (χ0v) is 13.2. The van der Waals surface area contributed by atoms with E-state index >= 15 is 0 Å². The number of carbonyl (C=O) groups excluding carboxylic acids is 1. The van der Waals surface area contributed by atoms with Crippen LogP contribution in [0.15, 0.2) is 0 Å². The third-order valence-corrected chi connectivity index (χ3v) is 2.96. The van der Waals surface area contributed by atoms with E-state index in [9.17, 15) is 18.0 Å². The summed E-state index contributed by atoms with van der Waals surface area (Å²) in [5.41, 5.74) is 1.31. The molecule has 0 saturated carbocycles. The first kappa shape index (κ1) is 25.0. The number of rotatable bonds is 3. The maximum Gasteiger partial charge on any atom is 0.401 e. The van der Waals surface area contributed by atoms with Crippen LogP contribution in [-0.2, 0) is 9.53 Å². The fourth-order valence-corrected chi connectivity index (χ4v) is 1.95. The molecule has 1 aliphatic rings. The highest BCUT2D eigenvalue weighted by Gasteiger charge is 2.43. The van der Waals surface area contributed by atoms with Gasteiger partial charge in [-0.1, -0.05) is 0 Å². The largest absolute Gasteiger partial charge is 0.468 e. The monoisotopic (exact) mass is 363 g/mol. The van der Waals surface area contributed by atoms with Gasteiger partial charge in [0.25, 0.3) is 0 Å². The van der Waals surface area contributed by atoms with Crippen LogP contribution in [0.3, 0.4) is 0 Å². The first-order valence-corrected chi connectivity index (χ1v) is 5.18. The number of nitrogens with one attached hydrogen (secondary N) is 1. The molecule has 0 aromatic rings. The highest BCUT2D eigenvalue weighted by Crippen LogP contribution is 2.25. The molecule has 0 atom stereocenters. The average molecular weight is 365 g/mol. The number of likely N-dealkylation sites (tertiary alicyclic amines) is 1. The number of hydrazine groups is 1. The number of hydrogen-bond acceptors (Lipinski definition) is 5. The van der Waals surface area contributed by atoms with Crippen LogP contribution in [0, 0.1) is 0 Å². The normalized spacial score (nSPS) is 18.1. The summed E-state index contributed by atoms with van der Waals surface area (Å²) in [6.07, 6.45) is -3.82. The summed E-state index contributed by atoms with van der Waals surface area (Å²) in [5, 5.41) is 0. The lowest BCUT2D eigenvalue weighted by Gasteiger charge is -2.39. The Morgan fingerprint density at radius 1 is 1.30 bits per heavy atom. The van der Waals surface area contributed by atoms with Crippen molar-refractivity contribution in [3.05, 3.63) is 0 Å². The third kappa shape index (κ3) is 6.64. The van der Waals surface area contributed by atoms with Crippen molar-refractivity contribution in [1.29, 1.82) is 0 Å². The number of esters is 1. The minimum atomic E-state index is -4.22. The van der Waals surface area contributed by atoms with E-state index < -0.39 is 24.2 Å². The molecule has 0 aromatic carbocycles. The van der Waals surface area contributed by atoms with Crippen LogP contribution in [0.25, 0.3) is 0 Å². The molecule has 0 spiro atoms. The molecular weight excluding hydrogens is 345 g/mol. The molecule has 11 heteroatoms. The summed E-state index contributed by atoms with van der Waals surface area (Å²) in [4.78, 5) is 12.8. The van der Waals surface area contributed by atoms with Gasteiger partial charge in [0.15, 0.2) is 0 Å². The number of ether oxygens (including phenoxy) is 1. The van der Waals surface area contributed by atoms with Gasteiger partial charge in [-0.05, 0) is 12.8 Å². The summed E-state index contributed by atoms with van der Waals surface area (Å²) >= 11 is 0. The van der Waals surface area contributed by atoms with Crippen LogP contribution in [0.2, 0.25) is 0 Å². The molecule has 0 unspecified atom stereocenters. The Labute approximate surface area is 134 Å². The summed E-state index contributed by atoms with van der Waals surface area (Å²) < 4.78 is 41.1. The van der Waals surface area contributed by atoms with Crippen LogP contribution >= 0.6 is 37.2 Å². The molecule has 1 heterocycles. The van der Waals surface area contributed by atoms with E-state index in [2.05, 4.69) is 10.2 Å². The Morgan fingerprint density at radius 3 is 2.05 bits per heavy atom. The van der Waals surface area contributed by atoms with E-state index in [0.29, 0.717) is 0 Å². The number of carbonyl (C=O) groups is 1. The molecule has 0 radical (unpaired) electrons. The second-order valence-electron chi connectivity index (χ2n) is 4.11. The van der Waals surface area contributed by atoms with E-state index in [1.54, 1.807) is 0 Å². The van der Waals surface area contributed by atoms with Crippen LogP contribution in [-0.4, -0.2) is 49.3 Å². The van der Waals surface area contributed by atoms with Gasteiger partial charge in [-0.2, -0.15) is 13.2 Å². The van der Waals surface area contributed by atoms with Gasteiger partial charge in [0.2, 0.25) is 0 Å². The molecule has 0 bridgehead atoms. The number of halogens is 6. The fraction of sp³-hybridized carbons (Fsp3) is 0.889. The van der Waals surface area contributed by atoms with E-state index in [4.69, 9.17) is 5.84 Å². The molecular formula is C9H19Cl3F3N3O2. The lowest BCUT2D eigenvalue weighted by molar-refractivity contribution is -0.157. The molecule has 0 aliphatic carbocycles. The van der Waals surface area contributed by atoms with Gasteiger partial charge < -0.3 is 4.74 Å². The van der Waals surface area contributed by atoms with Crippen molar-refractivity contribution in [2.75, 3.05) is 26.7 Å². The number of nitrogens with zero attached hydrogens (tertiary/aromatic N) is 1. The Balaban J connectivity index is -0.000000963. The molecule has 0 aromatic heterocycles. The topological polar surface area (TPSA) is 67.6 Å². The van der Waals surface area contributed by atoms with E-state index in [0.717, 1.165) is 0 Å². The standard InChI is InChI=1S/C9H16F3N3O2.3ClH/c1-17-7(16)8(14-13)2-4-15(5-3-8)6-9(10,11)12;;;/h14H,2-6,13H2,1H3;3*1H. The van der Waals surface area contributed by atoms with Crippen molar-refractivity contribution in [1.82, 2.24) is 10.3 Å². The molecule has 124 valence electrons. The minimum Gasteiger partial charge on any atom is -0.468 e. The van der Waals surface area contributed by atoms with Crippen molar-refractivity contribution >= 4 is 43.2 Å². The Kier molecular flexibility index (Phi) is 12.3. The maximum absolute atomic E-state index is 12.2. The highest BCUT2D eigenvalue weighted by atomic mass is 35.5. The van der Waals surface area contributed by atoms with Crippen LogP contribution in [0.5, 0.6) is 0 Å². The number of methoxy groups -OCH3 is 1. The Bertz CT molecular complexity index is 287. The Morgan fingerprint density at radius 2 is 1.75 bits per heavy atom. The van der Waals surface area contributed by atoms with Crippen molar-refractivity contribution in [2.45, 2.75) is 24.6 Å². The summed E-state index contributed by atoms with van der Waals surface area (Å²) in [6, 6.07) is 0. The van der Waals surface area contributed by atoms with Crippen molar-refractivity contribution in [3.8, 4) is 0 Å². The second kappa shape index (κ2) is 9.86. The van der Waals surface area contributed by atoms with Gasteiger partial charge in [-0.3, -0.25) is 15.5 Å². The van der Waals surface area contributed by atoms with Gasteiger partial charge in [-0.25, -0.2) is 5.43 Å². The van der Waals surface area contributed by atoms with Crippen LogP contribution < -0.4 is 11.3 Å². The number of piperidine rings is 1. The van der Waals surface area contributed by atoms with E-state index in [-0.39, 0.29) is 63.2 Å². The number of hydrogen-bond donors (Lipinski definition) is 2. The predicted octanol–water partition coefficient (Wildman–Crippen LogP) is 1.28.